The summed E-state index contributed by atoms with van der Waals surface area (Å²) in [6.45, 7) is 0.245. The number of hydrogen-bond donors (Lipinski definition) is 1. The number of carbonyl (C=O) groups is 1. The van der Waals surface area contributed by atoms with E-state index in [1.807, 2.05) is 0 Å². The molecular weight excluding hydrogens is 376 g/mol. The maximum atomic E-state index is 12.2. The second kappa shape index (κ2) is 5.61. The van der Waals surface area contributed by atoms with Crippen molar-refractivity contribution in [3.8, 4) is 0 Å². The van der Waals surface area contributed by atoms with Crippen molar-refractivity contribution < 1.29 is 14.5 Å². The third kappa shape index (κ3) is 2.35. The van der Waals surface area contributed by atoms with Crippen molar-refractivity contribution >= 4 is 46.4 Å². The van der Waals surface area contributed by atoms with E-state index >= 15 is 0 Å². The Bertz CT molecular complexity index is 924. The molecular formula is C14H9ClN2O5S2. The molecule has 4 rings (SSSR count). The molecule has 124 valence electrons. The van der Waals surface area contributed by atoms with E-state index in [1.54, 1.807) is 0 Å². The Labute approximate surface area is 148 Å². The van der Waals surface area contributed by atoms with Gasteiger partial charge in [-0.3, -0.25) is 19.7 Å². The van der Waals surface area contributed by atoms with Gasteiger partial charge in [0.1, 0.15) is 6.61 Å². The summed E-state index contributed by atoms with van der Waals surface area (Å²) >= 11 is 8.68. The van der Waals surface area contributed by atoms with E-state index in [-0.39, 0.29) is 28.4 Å². The first-order chi connectivity index (χ1) is 11.5. The van der Waals surface area contributed by atoms with Crippen molar-refractivity contribution in [3.05, 3.63) is 53.4 Å². The predicted octanol–water partition coefficient (Wildman–Crippen LogP) is 2.78. The van der Waals surface area contributed by atoms with Gasteiger partial charge in [-0.15, -0.1) is 0 Å². The lowest BCUT2D eigenvalue weighted by atomic mass is 9.83. The van der Waals surface area contributed by atoms with Crippen LogP contribution in [0.3, 0.4) is 0 Å². The Morgan fingerprint density at radius 3 is 2.92 bits per heavy atom. The molecule has 1 fully saturated rings. The van der Waals surface area contributed by atoms with Crippen LogP contribution in [0.1, 0.15) is 16.4 Å². The van der Waals surface area contributed by atoms with Crippen LogP contribution in [-0.2, 0) is 9.53 Å². The van der Waals surface area contributed by atoms with Crippen molar-refractivity contribution in [2.24, 2.45) is 5.92 Å². The van der Waals surface area contributed by atoms with Crippen molar-refractivity contribution in [1.29, 1.82) is 0 Å². The van der Waals surface area contributed by atoms with Crippen molar-refractivity contribution in [2.75, 3.05) is 6.61 Å². The molecule has 0 radical (unpaired) electrons. The molecule has 0 bridgehead atoms. The van der Waals surface area contributed by atoms with Crippen LogP contribution >= 0.6 is 34.7 Å². The number of esters is 1. The molecule has 1 saturated heterocycles. The summed E-state index contributed by atoms with van der Waals surface area (Å²) < 4.78 is 5.18. The number of cyclic esters (lactones) is 1. The second-order valence-electron chi connectivity index (χ2n) is 5.46. The zero-order valence-corrected chi connectivity index (χ0v) is 14.2. The molecule has 0 amide bonds. The van der Waals surface area contributed by atoms with Gasteiger partial charge in [-0.05, 0) is 11.6 Å². The van der Waals surface area contributed by atoms with Gasteiger partial charge < -0.3 is 9.72 Å². The molecule has 3 heterocycles. The molecule has 10 heteroatoms. The monoisotopic (exact) mass is 384 g/mol. The highest BCUT2D eigenvalue weighted by Crippen LogP contribution is 2.52. The number of nitro groups is 1. The normalized spacial score (nSPS) is 25.0. The van der Waals surface area contributed by atoms with Crippen LogP contribution in [0.5, 0.6) is 0 Å². The average molecular weight is 385 g/mol. The smallest absolute Gasteiger partial charge is 0.311 e. The van der Waals surface area contributed by atoms with Gasteiger partial charge in [0, 0.05) is 28.0 Å². The van der Waals surface area contributed by atoms with Crippen LogP contribution in [0.4, 0.5) is 5.69 Å². The van der Waals surface area contributed by atoms with Gasteiger partial charge in [0.05, 0.1) is 21.1 Å². The number of fused-ring (bicyclic) bond motifs is 2. The van der Waals surface area contributed by atoms with Gasteiger partial charge in [-0.2, -0.15) is 0 Å². The lowest BCUT2D eigenvalue weighted by molar-refractivity contribution is -0.384. The zero-order valence-electron chi connectivity index (χ0n) is 11.9. The highest BCUT2D eigenvalue weighted by molar-refractivity contribution is 8.00. The van der Waals surface area contributed by atoms with Crippen molar-refractivity contribution in [2.45, 2.75) is 16.2 Å². The highest BCUT2D eigenvalue weighted by atomic mass is 35.5. The summed E-state index contributed by atoms with van der Waals surface area (Å²) in [6, 6.07) is 4.13. The van der Waals surface area contributed by atoms with E-state index in [9.17, 15) is 19.7 Å². The Hall–Kier alpha value is -1.84. The van der Waals surface area contributed by atoms with E-state index in [0.717, 1.165) is 11.3 Å². The topological polar surface area (TPSA) is 102 Å². The summed E-state index contributed by atoms with van der Waals surface area (Å²) in [7, 11) is 0. The van der Waals surface area contributed by atoms with Gasteiger partial charge >= 0.3 is 10.8 Å². The Morgan fingerprint density at radius 2 is 2.17 bits per heavy atom. The standard InChI is InChI=1S/C14H9ClN2O5S2/c15-7-2-1-5(17(20)21)3-6(7)9-10-8(4-22-13(10)18)23-12-11(9)24-14(19)16-12/h1-3,8-10H,4H2,(H,16,19)/t8-,9-,10+/m0/s1. The quantitative estimate of drug-likeness (QED) is 0.485. The number of aromatic nitrogens is 1. The number of rotatable bonds is 2. The molecule has 1 N–H and O–H groups in total. The van der Waals surface area contributed by atoms with Crippen LogP contribution in [-0.4, -0.2) is 27.7 Å². The third-order valence-corrected chi connectivity index (χ3v) is 6.87. The van der Waals surface area contributed by atoms with E-state index < -0.39 is 16.8 Å². The largest absolute Gasteiger partial charge is 0.464 e. The lowest BCUT2D eigenvalue weighted by Gasteiger charge is -2.30. The van der Waals surface area contributed by atoms with Gasteiger partial charge in [-0.1, -0.05) is 34.7 Å². The van der Waals surface area contributed by atoms with Gasteiger partial charge in [0.25, 0.3) is 5.69 Å². The second-order valence-corrected chi connectivity index (χ2v) is 8.13. The molecule has 2 aromatic rings. The number of thiazole rings is 1. The minimum Gasteiger partial charge on any atom is -0.464 e. The number of nitrogens with one attached hydrogen (secondary N) is 1. The first-order valence-corrected chi connectivity index (χ1v) is 9.03. The Balaban J connectivity index is 1.94. The van der Waals surface area contributed by atoms with Crippen LogP contribution in [0.15, 0.2) is 28.0 Å². The van der Waals surface area contributed by atoms with Crippen molar-refractivity contribution in [1.82, 2.24) is 4.98 Å². The highest BCUT2D eigenvalue weighted by Gasteiger charge is 2.50. The number of thioether (sulfide) groups is 1. The van der Waals surface area contributed by atoms with Crippen molar-refractivity contribution in [3.63, 3.8) is 0 Å². The maximum Gasteiger partial charge on any atom is 0.311 e. The van der Waals surface area contributed by atoms with E-state index in [2.05, 4.69) is 4.98 Å². The summed E-state index contributed by atoms with van der Waals surface area (Å²) in [5.74, 6) is -1.42. The SMILES string of the molecule is O=C1OC[C@@H]2Sc3[nH]c(=O)sc3[C@@H](c3cc([N+](=O)[O-])ccc3Cl)[C@H]12. The molecule has 0 saturated carbocycles. The molecule has 3 atom stereocenters. The summed E-state index contributed by atoms with van der Waals surface area (Å²) in [5.41, 5.74) is 0.358. The van der Waals surface area contributed by atoms with E-state index in [1.165, 1.54) is 30.0 Å². The predicted molar refractivity (Wildman–Crippen MR) is 89.0 cm³/mol. The number of aromatic amines is 1. The Morgan fingerprint density at radius 1 is 1.38 bits per heavy atom. The molecule has 24 heavy (non-hydrogen) atoms. The summed E-state index contributed by atoms with van der Waals surface area (Å²) in [4.78, 5) is 37.8. The van der Waals surface area contributed by atoms with Gasteiger partial charge in [0.15, 0.2) is 0 Å². The minimum atomic E-state index is -0.530. The molecule has 7 nitrogen and oxygen atoms in total. The fraction of sp³-hybridized carbons (Fsp3) is 0.286. The molecule has 0 unspecified atom stereocenters. The van der Waals surface area contributed by atoms with Crippen LogP contribution in [0.25, 0.3) is 0 Å². The number of ether oxygens (including phenoxy) is 1. The number of non-ortho nitro benzene ring substituents is 1. The van der Waals surface area contributed by atoms with Crippen LogP contribution < -0.4 is 4.87 Å². The minimum absolute atomic E-state index is 0.111. The molecule has 0 aliphatic carbocycles. The fourth-order valence-corrected chi connectivity index (χ4v) is 5.84. The zero-order chi connectivity index (χ0) is 17.0. The Kier molecular flexibility index (Phi) is 3.66. The molecule has 1 aromatic carbocycles. The van der Waals surface area contributed by atoms with Gasteiger partial charge in [0.2, 0.25) is 0 Å². The number of nitro benzene ring substituents is 1. The fourth-order valence-electron chi connectivity index (χ4n) is 3.12. The lowest BCUT2D eigenvalue weighted by Crippen LogP contribution is -2.30. The number of halogens is 1. The summed E-state index contributed by atoms with van der Waals surface area (Å²) in [6.07, 6.45) is 0. The number of hydrogen-bond acceptors (Lipinski definition) is 7. The number of carbonyl (C=O) groups excluding carboxylic acids is 1. The number of benzene rings is 1. The molecule has 0 spiro atoms. The average Bonchev–Trinajstić information content (AvgIpc) is 3.08. The first-order valence-electron chi connectivity index (χ1n) is 6.96. The van der Waals surface area contributed by atoms with Crippen LogP contribution in [0.2, 0.25) is 5.02 Å². The van der Waals surface area contributed by atoms with Crippen LogP contribution in [0, 0.1) is 16.0 Å². The third-order valence-electron chi connectivity index (χ3n) is 4.14. The molecule has 2 aliphatic rings. The first kappa shape index (κ1) is 15.7. The maximum absolute atomic E-state index is 12.2. The summed E-state index contributed by atoms with van der Waals surface area (Å²) in [5, 5.41) is 11.9. The van der Waals surface area contributed by atoms with E-state index in [4.69, 9.17) is 16.3 Å². The molecule has 1 aromatic heterocycles. The van der Waals surface area contributed by atoms with Gasteiger partial charge in [-0.25, -0.2) is 0 Å². The van der Waals surface area contributed by atoms with E-state index in [0.29, 0.717) is 20.5 Å². The number of H-pyrrole nitrogens is 1. The number of nitrogens with zero attached hydrogens (tertiary/aromatic N) is 1. The molecule has 2 aliphatic heterocycles.